The van der Waals surface area contributed by atoms with E-state index in [0.29, 0.717) is 39.4 Å². The summed E-state index contributed by atoms with van der Waals surface area (Å²) in [6, 6.07) is 0. The Kier molecular flexibility index (Phi) is 11.4. The van der Waals surface area contributed by atoms with Crippen molar-refractivity contribution in [2.75, 3.05) is 59.2 Å². The van der Waals surface area contributed by atoms with Gasteiger partial charge in [0, 0.05) is 39.5 Å². The van der Waals surface area contributed by atoms with Crippen LogP contribution in [0.5, 0.6) is 0 Å². The number of rotatable bonds is 13. The normalized spacial score (nSPS) is 16.5. The highest BCUT2D eigenvalue weighted by Crippen LogP contribution is 2.29. The van der Waals surface area contributed by atoms with Gasteiger partial charge in [-0.2, -0.15) is 0 Å². The van der Waals surface area contributed by atoms with Gasteiger partial charge < -0.3 is 30.5 Å². The molecule has 0 unspecified atom stereocenters. The maximum absolute atomic E-state index is 12.1. The van der Waals surface area contributed by atoms with E-state index < -0.39 is 0 Å². The monoisotopic (exact) mass is 373 g/mol. The van der Waals surface area contributed by atoms with Crippen molar-refractivity contribution in [1.29, 1.82) is 0 Å². The van der Waals surface area contributed by atoms with Crippen molar-refractivity contribution in [1.82, 2.24) is 10.2 Å². The van der Waals surface area contributed by atoms with Crippen LogP contribution in [0.15, 0.2) is 0 Å². The summed E-state index contributed by atoms with van der Waals surface area (Å²) in [6.45, 7) is 5.72. The number of nitrogens with zero attached hydrogens (tertiary/aromatic N) is 1. The average Bonchev–Trinajstić information content (AvgIpc) is 2.64. The van der Waals surface area contributed by atoms with Crippen molar-refractivity contribution in [3.05, 3.63) is 0 Å². The van der Waals surface area contributed by atoms with Gasteiger partial charge in [0.15, 0.2) is 0 Å². The number of unbranched alkanes of at least 4 members (excludes halogenated alkanes) is 1. The van der Waals surface area contributed by atoms with Gasteiger partial charge in [-0.3, -0.25) is 9.59 Å². The summed E-state index contributed by atoms with van der Waals surface area (Å²) in [5.41, 5.74) is 5.30. The highest BCUT2D eigenvalue weighted by molar-refractivity contribution is 5.79. The molecule has 1 fully saturated rings. The molecule has 152 valence electrons. The fourth-order valence-electron chi connectivity index (χ4n) is 2.68. The maximum Gasteiger partial charge on any atom is 0.248 e. The summed E-state index contributed by atoms with van der Waals surface area (Å²) in [5.74, 6) is -0.337. The lowest BCUT2D eigenvalue weighted by Gasteiger charge is -2.38. The molecule has 0 aromatic rings. The molecule has 26 heavy (non-hydrogen) atoms. The van der Waals surface area contributed by atoms with E-state index in [9.17, 15) is 14.7 Å². The molecule has 0 aliphatic carbocycles. The van der Waals surface area contributed by atoms with Gasteiger partial charge in [-0.25, -0.2) is 0 Å². The topological polar surface area (TPSA) is 114 Å². The number of aliphatic hydroxyl groups is 1. The molecule has 0 bridgehead atoms. The second-order valence-electron chi connectivity index (χ2n) is 7.15. The number of amides is 2. The predicted molar refractivity (Wildman–Crippen MR) is 98.6 cm³/mol. The van der Waals surface area contributed by atoms with E-state index in [2.05, 4.69) is 5.32 Å². The Morgan fingerprint density at radius 3 is 2.46 bits per heavy atom. The van der Waals surface area contributed by atoms with Crippen LogP contribution in [0.25, 0.3) is 0 Å². The van der Waals surface area contributed by atoms with Crippen molar-refractivity contribution in [2.24, 2.45) is 11.1 Å². The van der Waals surface area contributed by atoms with Crippen LogP contribution in [0, 0.1) is 5.41 Å². The number of hydrogen-bond donors (Lipinski definition) is 3. The standard InChI is InChI=1S/C18H35N3O5/c1-18(15-22)5-9-21(10-6-18)17(24)14-26-13-16(23)20-8-4-12-25-11-3-2-7-19/h22H,2-15,19H2,1H3,(H,20,23). The highest BCUT2D eigenvalue weighted by atomic mass is 16.5. The Morgan fingerprint density at radius 1 is 1.12 bits per heavy atom. The summed E-state index contributed by atoms with van der Waals surface area (Å²) in [5, 5.41) is 12.1. The minimum Gasteiger partial charge on any atom is -0.396 e. The van der Waals surface area contributed by atoms with Crippen molar-refractivity contribution in [3.8, 4) is 0 Å². The number of piperidine rings is 1. The van der Waals surface area contributed by atoms with Gasteiger partial charge in [0.1, 0.15) is 13.2 Å². The Bertz CT molecular complexity index is 412. The van der Waals surface area contributed by atoms with Gasteiger partial charge in [-0.1, -0.05) is 6.92 Å². The van der Waals surface area contributed by atoms with Gasteiger partial charge in [0.25, 0.3) is 0 Å². The Balaban J connectivity index is 2.00. The van der Waals surface area contributed by atoms with Crippen molar-refractivity contribution in [2.45, 2.75) is 39.0 Å². The molecule has 1 aliphatic rings. The summed E-state index contributed by atoms with van der Waals surface area (Å²) in [4.78, 5) is 25.5. The molecular weight excluding hydrogens is 338 g/mol. The largest absolute Gasteiger partial charge is 0.396 e. The van der Waals surface area contributed by atoms with Crippen LogP contribution in [-0.2, 0) is 19.1 Å². The first-order valence-corrected chi connectivity index (χ1v) is 9.51. The number of likely N-dealkylation sites (tertiary alicyclic amines) is 1. The molecule has 8 nitrogen and oxygen atoms in total. The first-order valence-electron chi connectivity index (χ1n) is 9.51. The zero-order valence-corrected chi connectivity index (χ0v) is 16.0. The van der Waals surface area contributed by atoms with Crippen LogP contribution in [-0.4, -0.2) is 81.0 Å². The zero-order valence-electron chi connectivity index (χ0n) is 16.0. The molecule has 0 saturated carbocycles. The van der Waals surface area contributed by atoms with E-state index in [0.717, 1.165) is 32.1 Å². The Morgan fingerprint density at radius 2 is 1.81 bits per heavy atom. The Hall–Kier alpha value is -1.22. The van der Waals surface area contributed by atoms with Crippen molar-refractivity contribution < 1.29 is 24.2 Å². The van der Waals surface area contributed by atoms with Gasteiger partial charge in [-0.05, 0) is 44.1 Å². The molecule has 1 rings (SSSR count). The molecule has 2 amide bonds. The minimum atomic E-state index is -0.229. The maximum atomic E-state index is 12.1. The summed E-state index contributed by atoms with van der Waals surface area (Å²) in [7, 11) is 0. The molecule has 0 aromatic carbocycles. The summed E-state index contributed by atoms with van der Waals surface area (Å²) in [6.07, 6.45) is 4.23. The molecule has 0 radical (unpaired) electrons. The van der Waals surface area contributed by atoms with Crippen molar-refractivity contribution >= 4 is 11.8 Å². The van der Waals surface area contributed by atoms with E-state index in [4.69, 9.17) is 15.2 Å². The van der Waals surface area contributed by atoms with Gasteiger partial charge in [-0.15, -0.1) is 0 Å². The number of carbonyl (C=O) groups is 2. The van der Waals surface area contributed by atoms with Crippen LogP contribution in [0.2, 0.25) is 0 Å². The van der Waals surface area contributed by atoms with E-state index in [1.54, 1.807) is 4.90 Å². The van der Waals surface area contributed by atoms with Crippen LogP contribution >= 0.6 is 0 Å². The number of carbonyl (C=O) groups excluding carboxylic acids is 2. The smallest absolute Gasteiger partial charge is 0.248 e. The first kappa shape index (κ1) is 22.8. The van der Waals surface area contributed by atoms with Crippen LogP contribution in [0.3, 0.4) is 0 Å². The van der Waals surface area contributed by atoms with Gasteiger partial charge in [0.2, 0.25) is 11.8 Å². The molecular formula is C18H35N3O5. The van der Waals surface area contributed by atoms with Gasteiger partial charge in [0.05, 0.1) is 0 Å². The molecule has 8 heteroatoms. The second-order valence-corrected chi connectivity index (χ2v) is 7.15. The van der Waals surface area contributed by atoms with Gasteiger partial charge >= 0.3 is 0 Å². The fourth-order valence-corrected chi connectivity index (χ4v) is 2.68. The van der Waals surface area contributed by atoms with E-state index in [1.165, 1.54) is 0 Å². The quantitative estimate of drug-likeness (QED) is 0.388. The zero-order chi connectivity index (χ0) is 19.3. The summed E-state index contributed by atoms with van der Waals surface area (Å²) < 4.78 is 10.6. The predicted octanol–water partition coefficient (Wildman–Crippen LogP) is -0.114. The molecule has 0 spiro atoms. The molecule has 1 saturated heterocycles. The molecule has 1 heterocycles. The third-order valence-electron chi connectivity index (χ3n) is 4.69. The molecule has 0 aromatic heterocycles. The van der Waals surface area contributed by atoms with Crippen LogP contribution in [0.1, 0.15) is 39.0 Å². The molecule has 4 N–H and O–H groups in total. The lowest BCUT2D eigenvalue weighted by Crippen LogP contribution is -2.45. The van der Waals surface area contributed by atoms with Crippen LogP contribution < -0.4 is 11.1 Å². The number of nitrogens with two attached hydrogens (primary N) is 1. The number of aliphatic hydroxyl groups excluding tert-OH is 1. The highest BCUT2D eigenvalue weighted by Gasteiger charge is 2.31. The van der Waals surface area contributed by atoms with Crippen LogP contribution in [0.4, 0.5) is 0 Å². The van der Waals surface area contributed by atoms with Crippen molar-refractivity contribution in [3.63, 3.8) is 0 Å². The van der Waals surface area contributed by atoms with E-state index in [1.807, 2.05) is 6.92 Å². The number of ether oxygens (including phenoxy) is 2. The number of hydrogen-bond acceptors (Lipinski definition) is 6. The number of nitrogens with one attached hydrogen (secondary N) is 1. The lowest BCUT2D eigenvalue weighted by atomic mass is 9.81. The summed E-state index contributed by atoms with van der Waals surface area (Å²) >= 11 is 0. The van der Waals surface area contributed by atoms with E-state index >= 15 is 0 Å². The third-order valence-corrected chi connectivity index (χ3v) is 4.69. The second kappa shape index (κ2) is 13.0. The third kappa shape index (κ3) is 9.47. The Labute approximate surface area is 156 Å². The lowest BCUT2D eigenvalue weighted by molar-refractivity contribution is -0.140. The average molecular weight is 373 g/mol. The molecule has 1 aliphatic heterocycles. The van der Waals surface area contributed by atoms with E-state index in [-0.39, 0.29) is 37.0 Å². The fraction of sp³-hybridized carbons (Fsp3) is 0.889. The first-order chi connectivity index (χ1) is 12.5. The SMILES string of the molecule is CC1(CO)CCN(C(=O)COCC(=O)NCCCOCCCCN)CC1. The molecule has 0 atom stereocenters. The minimum absolute atomic E-state index is 0.0898.